The number of fused-ring (bicyclic) bond motifs is 1. The Labute approximate surface area is 81.5 Å². The van der Waals surface area contributed by atoms with Crippen LogP contribution in [-0.4, -0.2) is 36.0 Å². The van der Waals surface area contributed by atoms with Crippen molar-refractivity contribution in [2.24, 2.45) is 5.92 Å². The molecule has 2 aliphatic rings. The van der Waals surface area contributed by atoms with E-state index in [0.717, 1.165) is 5.57 Å². The van der Waals surface area contributed by atoms with Crippen molar-refractivity contribution in [3.8, 4) is 0 Å². The van der Waals surface area contributed by atoms with Crippen molar-refractivity contribution >= 4 is 5.97 Å². The maximum Gasteiger partial charge on any atom is 0.332 e. The predicted molar refractivity (Wildman–Crippen MR) is 48.8 cm³/mol. The van der Waals surface area contributed by atoms with Crippen molar-refractivity contribution in [3.63, 3.8) is 0 Å². The Morgan fingerprint density at radius 2 is 2.43 bits per heavy atom. The second-order valence-corrected chi connectivity index (χ2v) is 3.51. The molecule has 4 heteroatoms. The number of aliphatic hydroxyl groups is 1. The molecular formula is C10H12O4. The van der Waals surface area contributed by atoms with Gasteiger partial charge in [0.1, 0.15) is 0 Å². The lowest BCUT2D eigenvalue weighted by Gasteiger charge is -2.23. The van der Waals surface area contributed by atoms with E-state index < -0.39 is 5.97 Å². The zero-order valence-corrected chi connectivity index (χ0v) is 7.69. The highest BCUT2D eigenvalue weighted by atomic mass is 16.5. The molecule has 1 atom stereocenters. The molecule has 0 saturated carbocycles. The minimum absolute atomic E-state index is 0.0385. The van der Waals surface area contributed by atoms with Crippen LogP contribution in [0.2, 0.25) is 0 Å². The van der Waals surface area contributed by atoms with Crippen LogP contribution < -0.4 is 0 Å². The second-order valence-electron chi connectivity index (χ2n) is 3.51. The van der Waals surface area contributed by atoms with Gasteiger partial charge in [-0.05, 0) is 23.6 Å². The molecule has 0 aromatic carbocycles. The largest absolute Gasteiger partial charge is 0.478 e. The predicted octanol–water partition coefficient (Wildman–Crippen LogP) is 0.336. The SMILES string of the molecule is O=C(O)C1=CC(CO)=C2COCCC12. The van der Waals surface area contributed by atoms with Crippen molar-refractivity contribution in [3.05, 3.63) is 22.8 Å². The maximum atomic E-state index is 10.9. The molecule has 0 bridgehead atoms. The molecule has 1 heterocycles. The van der Waals surface area contributed by atoms with Crippen LogP contribution in [0.5, 0.6) is 0 Å². The summed E-state index contributed by atoms with van der Waals surface area (Å²) < 4.78 is 5.25. The Balaban J connectivity index is 2.31. The first-order valence-corrected chi connectivity index (χ1v) is 4.59. The van der Waals surface area contributed by atoms with Crippen molar-refractivity contribution in [1.82, 2.24) is 0 Å². The van der Waals surface area contributed by atoms with Gasteiger partial charge in [0.15, 0.2) is 0 Å². The van der Waals surface area contributed by atoms with Gasteiger partial charge in [0.2, 0.25) is 0 Å². The van der Waals surface area contributed by atoms with Crippen LogP contribution >= 0.6 is 0 Å². The molecular weight excluding hydrogens is 184 g/mol. The van der Waals surface area contributed by atoms with Crippen LogP contribution in [0.15, 0.2) is 22.8 Å². The molecule has 1 unspecified atom stereocenters. The van der Waals surface area contributed by atoms with E-state index in [2.05, 4.69) is 0 Å². The minimum Gasteiger partial charge on any atom is -0.478 e. The summed E-state index contributed by atoms with van der Waals surface area (Å²) in [6, 6.07) is 0. The Morgan fingerprint density at radius 1 is 1.64 bits per heavy atom. The Hall–Kier alpha value is -1.13. The number of carboxylic acids is 1. The summed E-state index contributed by atoms with van der Waals surface area (Å²) in [5.74, 6) is -0.929. The van der Waals surface area contributed by atoms with Gasteiger partial charge in [0, 0.05) is 18.1 Å². The molecule has 0 amide bonds. The zero-order chi connectivity index (χ0) is 10.1. The highest BCUT2D eigenvalue weighted by Crippen LogP contribution is 2.36. The van der Waals surface area contributed by atoms with Crippen LogP contribution in [-0.2, 0) is 9.53 Å². The summed E-state index contributed by atoms with van der Waals surface area (Å²) in [5.41, 5.74) is 2.05. The highest BCUT2D eigenvalue weighted by Gasteiger charge is 2.33. The van der Waals surface area contributed by atoms with Gasteiger partial charge in [-0.1, -0.05) is 0 Å². The Kier molecular flexibility index (Phi) is 2.39. The summed E-state index contributed by atoms with van der Waals surface area (Å²) in [7, 11) is 0. The van der Waals surface area contributed by atoms with E-state index in [1.165, 1.54) is 0 Å². The fraction of sp³-hybridized carbons (Fsp3) is 0.500. The minimum atomic E-state index is -0.891. The van der Waals surface area contributed by atoms with E-state index in [-0.39, 0.29) is 12.5 Å². The number of hydrogen-bond acceptors (Lipinski definition) is 3. The average Bonchev–Trinajstić information content (AvgIpc) is 2.56. The first-order valence-electron chi connectivity index (χ1n) is 4.59. The molecule has 14 heavy (non-hydrogen) atoms. The lowest BCUT2D eigenvalue weighted by Crippen LogP contribution is -2.22. The molecule has 1 aliphatic carbocycles. The van der Waals surface area contributed by atoms with Gasteiger partial charge in [-0.15, -0.1) is 0 Å². The lowest BCUT2D eigenvalue weighted by atomic mass is 9.91. The fourth-order valence-electron chi connectivity index (χ4n) is 2.06. The summed E-state index contributed by atoms with van der Waals surface area (Å²) in [5, 5.41) is 18.0. The van der Waals surface area contributed by atoms with Crippen LogP contribution in [0, 0.1) is 5.92 Å². The molecule has 0 aromatic rings. The topological polar surface area (TPSA) is 66.8 Å². The molecule has 2 rings (SSSR count). The van der Waals surface area contributed by atoms with E-state index in [1.807, 2.05) is 0 Å². The molecule has 1 aliphatic heterocycles. The molecule has 0 radical (unpaired) electrons. The van der Waals surface area contributed by atoms with E-state index in [1.54, 1.807) is 6.08 Å². The summed E-state index contributed by atoms with van der Waals surface area (Å²) in [6.07, 6.45) is 2.29. The number of carboxylic acid groups (broad SMARTS) is 1. The van der Waals surface area contributed by atoms with Crippen LogP contribution in [0.1, 0.15) is 6.42 Å². The summed E-state index contributed by atoms with van der Waals surface area (Å²) >= 11 is 0. The summed E-state index contributed by atoms with van der Waals surface area (Å²) in [6.45, 7) is 0.942. The number of carbonyl (C=O) groups is 1. The number of aliphatic carboxylic acids is 1. The van der Waals surface area contributed by atoms with Crippen molar-refractivity contribution in [2.75, 3.05) is 19.8 Å². The number of ether oxygens (including phenoxy) is 1. The Bertz CT molecular complexity index is 325. The van der Waals surface area contributed by atoms with Gasteiger partial charge in [0.05, 0.1) is 13.2 Å². The van der Waals surface area contributed by atoms with Crippen molar-refractivity contribution < 1.29 is 19.7 Å². The lowest BCUT2D eigenvalue weighted by molar-refractivity contribution is -0.133. The van der Waals surface area contributed by atoms with Gasteiger partial charge >= 0.3 is 5.97 Å². The van der Waals surface area contributed by atoms with E-state index in [9.17, 15) is 4.79 Å². The van der Waals surface area contributed by atoms with Crippen LogP contribution in [0.4, 0.5) is 0 Å². The first-order chi connectivity index (χ1) is 6.74. The average molecular weight is 196 g/mol. The quantitative estimate of drug-likeness (QED) is 0.668. The zero-order valence-electron chi connectivity index (χ0n) is 7.69. The van der Waals surface area contributed by atoms with E-state index >= 15 is 0 Å². The number of rotatable bonds is 2. The van der Waals surface area contributed by atoms with Gasteiger partial charge in [-0.25, -0.2) is 4.79 Å². The first kappa shape index (κ1) is 9.43. The smallest absolute Gasteiger partial charge is 0.332 e. The highest BCUT2D eigenvalue weighted by molar-refractivity contribution is 5.90. The molecule has 76 valence electrons. The monoisotopic (exact) mass is 196 g/mol. The number of aliphatic hydroxyl groups excluding tert-OH is 1. The van der Waals surface area contributed by atoms with Gasteiger partial charge < -0.3 is 14.9 Å². The second kappa shape index (κ2) is 3.55. The van der Waals surface area contributed by atoms with E-state index in [0.29, 0.717) is 30.8 Å². The molecule has 2 N–H and O–H groups in total. The van der Waals surface area contributed by atoms with Gasteiger partial charge in [-0.3, -0.25) is 0 Å². The molecule has 1 fully saturated rings. The van der Waals surface area contributed by atoms with Crippen molar-refractivity contribution in [2.45, 2.75) is 6.42 Å². The van der Waals surface area contributed by atoms with Gasteiger partial charge in [0.25, 0.3) is 0 Å². The standard InChI is InChI=1S/C10H12O4/c11-4-6-3-8(10(12)13)7-1-2-14-5-9(6)7/h3,7,11H,1-2,4-5H2,(H,12,13). The number of hydrogen-bond donors (Lipinski definition) is 2. The third-order valence-corrected chi connectivity index (χ3v) is 2.76. The van der Waals surface area contributed by atoms with Crippen LogP contribution in [0.3, 0.4) is 0 Å². The normalized spacial score (nSPS) is 26.1. The molecule has 0 spiro atoms. The molecule has 1 saturated heterocycles. The molecule has 4 nitrogen and oxygen atoms in total. The van der Waals surface area contributed by atoms with Gasteiger partial charge in [-0.2, -0.15) is 0 Å². The van der Waals surface area contributed by atoms with Crippen molar-refractivity contribution in [1.29, 1.82) is 0 Å². The fourth-order valence-corrected chi connectivity index (χ4v) is 2.06. The third kappa shape index (κ3) is 1.36. The third-order valence-electron chi connectivity index (χ3n) is 2.76. The summed E-state index contributed by atoms with van der Waals surface area (Å²) in [4.78, 5) is 10.9. The maximum absolute atomic E-state index is 10.9. The van der Waals surface area contributed by atoms with E-state index in [4.69, 9.17) is 14.9 Å². The van der Waals surface area contributed by atoms with Crippen LogP contribution in [0.25, 0.3) is 0 Å². The Morgan fingerprint density at radius 3 is 3.07 bits per heavy atom. The molecule has 0 aromatic heterocycles.